The van der Waals surface area contributed by atoms with Crippen LogP contribution < -0.4 is 5.32 Å². The van der Waals surface area contributed by atoms with Gasteiger partial charge in [0, 0.05) is 6.04 Å². The fourth-order valence-electron chi connectivity index (χ4n) is 1.59. The number of hydrogen-bond donors (Lipinski definition) is 1. The van der Waals surface area contributed by atoms with Crippen molar-refractivity contribution in [3.05, 3.63) is 22.7 Å². The first kappa shape index (κ1) is 13.3. The first-order valence-electron chi connectivity index (χ1n) is 5.81. The van der Waals surface area contributed by atoms with E-state index in [9.17, 15) is 0 Å². The zero-order valence-electron chi connectivity index (χ0n) is 10.4. The SMILES string of the molecule is C=C(C)CCC(NCCC)c1snnc1C. The van der Waals surface area contributed by atoms with E-state index in [1.54, 1.807) is 0 Å². The van der Waals surface area contributed by atoms with Crippen LogP contribution >= 0.6 is 11.5 Å². The lowest BCUT2D eigenvalue weighted by molar-refractivity contribution is 0.503. The van der Waals surface area contributed by atoms with Gasteiger partial charge in [-0.15, -0.1) is 11.7 Å². The predicted molar refractivity (Wildman–Crippen MR) is 69.7 cm³/mol. The third-order valence-electron chi connectivity index (χ3n) is 2.50. The van der Waals surface area contributed by atoms with E-state index in [0.717, 1.165) is 31.5 Å². The maximum Gasteiger partial charge on any atom is 0.0772 e. The van der Waals surface area contributed by atoms with Crippen LogP contribution in [0.5, 0.6) is 0 Å². The van der Waals surface area contributed by atoms with Crippen LogP contribution in [0.2, 0.25) is 0 Å². The summed E-state index contributed by atoms with van der Waals surface area (Å²) in [6.45, 7) is 11.3. The van der Waals surface area contributed by atoms with Gasteiger partial charge < -0.3 is 5.32 Å². The highest BCUT2D eigenvalue weighted by atomic mass is 32.1. The van der Waals surface area contributed by atoms with Gasteiger partial charge in [0.25, 0.3) is 0 Å². The Labute approximate surface area is 102 Å². The first-order valence-corrected chi connectivity index (χ1v) is 6.59. The molecular weight excluding hydrogens is 218 g/mol. The molecule has 0 fully saturated rings. The molecule has 0 bridgehead atoms. The number of rotatable bonds is 7. The Morgan fingerprint density at radius 1 is 1.56 bits per heavy atom. The van der Waals surface area contributed by atoms with Crippen molar-refractivity contribution >= 4 is 11.5 Å². The van der Waals surface area contributed by atoms with Crippen molar-refractivity contribution in [3.63, 3.8) is 0 Å². The summed E-state index contributed by atoms with van der Waals surface area (Å²) < 4.78 is 4.01. The number of hydrogen-bond acceptors (Lipinski definition) is 4. The number of allylic oxidation sites excluding steroid dienone is 1. The van der Waals surface area contributed by atoms with Gasteiger partial charge in [0.05, 0.1) is 10.6 Å². The van der Waals surface area contributed by atoms with Gasteiger partial charge in [-0.2, -0.15) is 0 Å². The molecule has 1 heterocycles. The number of aromatic nitrogens is 2. The van der Waals surface area contributed by atoms with Gasteiger partial charge in [0.15, 0.2) is 0 Å². The molecule has 1 aromatic heterocycles. The van der Waals surface area contributed by atoms with Gasteiger partial charge in [-0.25, -0.2) is 0 Å². The van der Waals surface area contributed by atoms with E-state index in [1.165, 1.54) is 22.0 Å². The van der Waals surface area contributed by atoms with Crippen LogP contribution in [0.1, 0.15) is 49.7 Å². The van der Waals surface area contributed by atoms with E-state index < -0.39 is 0 Å². The topological polar surface area (TPSA) is 37.8 Å². The molecule has 0 aliphatic heterocycles. The van der Waals surface area contributed by atoms with E-state index in [-0.39, 0.29) is 0 Å². The molecule has 1 aromatic rings. The van der Waals surface area contributed by atoms with E-state index in [4.69, 9.17) is 0 Å². The van der Waals surface area contributed by atoms with E-state index >= 15 is 0 Å². The molecule has 0 saturated heterocycles. The van der Waals surface area contributed by atoms with Crippen molar-refractivity contribution in [1.82, 2.24) is 14.9 Å². The van der Waals surface area contributed by atoms with Crippen molar-refractivity contribution in [2.45, 2.75) is 46.1 Å². The summed E-state index contributed by atoms with van der Waals surface area (Å²) in [5.41, 5.74) is 2.29. The minimum absolute atomic E-state index is 0.386. The molecule has 0 aliphatic carbocycles. The average molecular weight is 239 g/mol. The molecule has 90 valence electrons. The molecule has 1 atom stereocenters. The molecule has 0 amide bonds. The highest BCUT2D eigenvalue weighted by molar-refractivity contribution is 7.05. The van der Waals surface area contributed by atoms with Crippen LogP contribution in [-0.2, 0) is 0 Å². The molecule has 1 unspecified atom stereocenters. The highest BCUT2D eigenvalue weighted by Gasteiger charge is 2.16. The van der Waals surface area contributed by atoms with Crippen LogP contribution in [0.15, 0.2) is 12.2 Å². The lowest BCUT2D eigenvalue weighted by Crippen LogP contribution is -2.22. The third-order valence-corrected chi connectivity index (χ3v) is 3.44. The zero-order valence-corrected chi connectivity index (χ0v) is 11.2. The molecule has 3 nitrogen and oxygen atoms in total. The van der Waals surface area contributed by atoms with E-state index in [2.05, 4.69) is 35.3 Å². The summed E-state index contributed by atoms with van der Waals surface area (Å²) in [6.07, 6.45) is 3.29. The molecule has 0 saturated carbocycles. The maximum atomic E-state index is 4.08. The first-order chi connectivity index (χ1) is 7.65. The third kappa shape index (κ3) is 4.02. The van der Waals surface area contributed by atoms with Crippen molar-refractivity contribution in [1.29, 1.82) is 0 Å². The lowest BCUT2D eigenvalue weighted by Gasteiger charge is -2.17. The standard InChI is InChI=1S/C12H21N3S/c1-5-8-13-11(7-6-9(2)3)12-10(4)14-15-16-12/h11,13H,2,5-8H2,1,3-4H3. The second-order valence-electron chi connectivity index (χ2n) is 4.23. The van der Waals surface area contributed by atoms with Gasteiger partial charge in [0.1, 0.15) is 0 Å². The Morgan fingerprint density at radius 3 is 2.81 bits per heavy atom. The minimum atomic E-state index is 0.386. The van der Waals surface area contributed by atoms with Crippen molar-refractivity contribution in [3.8, 4) is 0 Å². The smallest absolute Gasteiger partial charge is 0.0772 e. The predicted octanol–water partition coefficient (Wildman–Crippen LogP) is 3.24. The molecule has 0 aliphatic rings. The zero-order chi connectivity index (χ0) is 12.0. The van der Waals surface area contributed by atoms with E-state index in [0.29, 0.717) is 6.04 Å². The Balaban J connectivity index is 2.63. The van der Waals surface area contributed by atoms with Gasteiger partial charge in [-0.3, -0.25) is 0 Å². The fraction of sp³-hybridized carbons (Fsp3) is 0.667. The van der Waals surface area contributed by atoms with Crippen LogP contribution in [0.3, 0.4) is 0 Å². The van der Waals surface area contributed by atoms with Crippen LogP contribution in [-0.4, -0.2) is 16.1 Å². The fourth-order valence-corrected chi connectivity index (χ4v) is 2.34. The molecule has 4 heteroatoms. The summed E-state index contributed by atoms with van der Waals surface area (Å²) in [4.78, 5) is 1.27. The summed E-state index contributed by atoms with van der Waals surface area (Å²) >= 11 is 1.51. The van der Waals surface area contributed by atoms with Crippen molar-refractivity contribution in [2.24, 2.45) is 0 Å². The normalized spacial score (nSPS) is 12.7. The monoisotopic (exact) mass is 239 g/mol. The summed E-state index contributed by atoms with van der Waals surface area (Å²) in [7, 11) is 0. The maximum absolute atomic E-state index is 4.08. The quantitative estimate of drug-likeness (QED) is 0.742. The van der Waals surface area contributed by atoms with Gasteiger partial charge in [-0.1, -0.05) is 17.0 Å². The molecular formula is C12H21N3S. The van der Waals surface area contributed by atoms with Crippen LogP contribution in [0.4, 0.5) is 0 Å². The average Bonchev–Trinajstić information content (AvgIpc) is 2.65. The number of aryl methyl sites for hydroxylation is 1. The largest absolute Gasteiger partial charge is 0.309 e. The molecule has 16 heavy (non-hydrogen) atoms. The number of nitrogens with one attached hydrogen (secondary N) is 1. The summed E-state index contributed by atoms with van der Waals surface area (Å²) in [5.74, 6) is 0. The summed E-state index contributed by atoms with van der Waals surface area (Å²) in [6, 6.07) is 0.386. The molecule has 0 aromatic carbocycles. The van der Waals surface area contributed by atoms with Crippen molar-refractivity contribution in [2.75, 3.05) is 6.54 Å². The Morgan fingerprint density at radius 2 is 2.31 bits per heavy atom. The van der Waals surface area contributed by atoms with Crippen LogP contribution in [0, 0.1) is 6.92 Å². The second-order valence-corrected chi connectivity index (χ2v) is 5.01. The number of nitrogens with zero attached hydrogens (tertiary/aromatic N) is 2. The lowest BCUT2D eigenvalue weighted by atomic mass is 10.1. The van der Waals surface area contributed by atoms with Crippen molar-refractivity contribution < 1.29 is 0 Å². The van der Waals surface area contributed by atoms with Crippen LogP contribution in [0.25, 0.3) is 0 Å². The van der Waals surface area contributed by atoms with Gasteiger partial charge in [-0.05, 0) is 51.2 Å². The molecule has 0 radical (unpaired) electrons. The summed E-state index contributed by atoms with van der Waals surface area (Å²) in [5, 5.41) is 7.64. The minimum Gasteiger partial charge on any atom is -0.309 e. The molecule has 1 rings (SSSR count). The van der Waals surface area contributed by atoms with Gasteiger partial charge >= 0.3 is 0 Å². The Bertz CT molecular complexity index is 333. The second kappa shape index (κ2) is 6.76. The Hall–Kier alpha value is -0.740. The highest BCUT2D eigenvalue weighted by Crippen LogP contribution is 2.25. The molecule has 1 N–H and O–H groups in total. The molecule has 0 spiro atoms. The van der Waals surface area contributed by atoms with E-state index in [1.807, 2.05) is 6.92 Å². The Kier molecular flexibility index (Phi) is 5.63. The van der Waals surface area contributed by atoms with Gasteiger partial charge in [0.2, 0.25) is 0 Å².